The van der Waals surface area contributed by atoms with Crippen LogP contribution in [0, 0.1) is 6.92 Å². The standard InChI is InChI=1S/C14H14N2O3S/c1-9-7-20-8-11(9)6-15-14(19)16-12-4-2-10(3-5-12)13(17)18/h2-5,7-8H,6H2,1H3,(H,17,18)(H2,15,16,19). The maximum Gasteiger partial charge on any atom is 0.335 e. The van der Waals surface area contributed by atoms with Gasteiger partial charge in [-0.05, 0) is 53.1 Å². The molecule has 0 aliphatic carbocycles. The number of carboxylic acid groups (broad SMARTS) is 1. The number of hydrogen-bond acceptors (Lipinski definition) is 3. The van der Waals surface area contributed by atoms with Gasteiger partial charge in [-0.1, -0.05) is 0 Å². The van der Waals surface area contributed by atoms with Crippen LogP contribution in [-0.2, 0) is 6.54 Å². The third-order valence-corrected chi connectivity index (χ3v) is 3.70. The Labute approximate surface area is 120 Å². The maximum atomic E-state index is 11.7. The van der Waals surface area contributed by atoms with E-state index in [4.69, 9.17) is 5.11 Å². The molecule has 3 N–H and O–H groups in total. The molecule has 0 saturated heterocycles. The summed E-state index contributed by atoms with van der Waals surface area (Å²) in [4.78, 5) is 22.4. The molecule has 2 amide bonds. The zero-order valence-electron chi connectivity index (χ0n) is 10.8. The van der Waals surface area contributed by atoms with Crippen LogP contribution in [0.2, 0.25) is 0 Å². The fraction of sp³-hybridized carbons (Fsp3) is 0.143. The van der Waals surface area contributed by atoms with E-state index in [9.17, 15) is 9.59 Å². The minimum Gasteiger partial charge on any atom is -0.478 e. The Morgan fingerprint density at radius 1 is 1.20 bits per heavy atom. The molecule has 0 saturated carbocycles. The number of carbonyl (C=O) groups is 2. The molecule has 0 aliphatic rings. The molecule has 104 valence electrons. The lowest BCUT2D eigenvalue weighted by Crippen LogP contribution is -2.28. The first-order valence-electron chi connectivity index (χ1n) is 5.96. The van der Waals surface area contributed by atoms with Crippen LogP contribution in [0.15, 0.2) is 35.0 Å². The van der Waals surface area contributed by atoms with Crippen molar-refractivity contribution in [3.63, 3.8) is 0 Å². The molecule has 0 unspecified atom stereocenters. The zero-order valence-corrected chi connectivity index (χ0v) is 11.7. The number of hydrogen-bond donors (Lipinski definition) is 3. The second-order valence-electron chi connectivity index (χ2n) is 4.27. The summed E-state index contributed by atoms with van der Waals surface area (Å²) in [7, 11) is 0. The summed E-state index contributed by atoms with van der Waals surface area (Å²) in [6.07, 6.45) is 0. The number of thiophene rings is 1. The molecular weight excluding hydrogens is 276 g/mol. The van der Waals surface area contributed by atoms with Crippen LogP contribution in [0.5, 0.6) is 0 Å². The highest BCUT2D eigenvalue weighted by atomic mass is 32.1. The van der Waals surface area contributed by atoms with Crippen LogP contribution < -0.4 is 10.6 Å². The first-order valence-corrected chi connectivity index (χ1v) is 6.90. The van der Waals surface area contributed by atoms with E-state index in [2.05, 4.69) is 10.6 Å². The number of carboxylic acids is 1. The van der Waals surface area contributed by atoms with Gasteiger partial charge in [0.05, 0.1) is 5.56 Å². The molecule has 2 aromatic rings. The van der Waals surface area contributed by atoms with E-state index in [0.717, 1.165) is 11.1 Å². The molecular formula is C14H14N2O3S. The van der Waals surface area contributed by atoms with Crippen molar-refractivity contribution in [1.82, 2.24) is 5.32 Å². The van der Waals surface area contributed by atoms with Crippen LogP contribution in [0.25, 0.3) is 0 Å². The maximum absolute atomic E-state index is 11.7. The average Bonchev–Trinajstić information content (AvgIpc) is 2.82. The number of carbonyl (C=O) groups excluding carboxylic acids is 1. The highest BCUT2D eigenvalue weighted by molar-refractivity contribution is 7.08. The summed E-state index contributed by atoms with van der Waals surface area (Å²) in [6, 6.07) is 5.68. The number of anilines is 1. The van der Waals surface area contributed by atoms with Crippen molar-refractivity contribution in [2.45, 2.75) is 13.5 Å². The van der Waals surface area contributed by atoms with Crippen LogP contribution >= 0.6 is 11.3 Å². The lowest BCUT2D eigenvalue weighted by Gasteiger charge is -2.07. The van der Waals surface area contributed by atoms with Crippen molar-refractivity contribution in [2.75, 3.05) is 5.32 Å². The van der Waals surface area contributed by atoms with Crippen molar-refractivity contribution >= 4 is 29.0 Å². The quantitative estimate of drug-likeness (QED) is 0.809. The molecule has 0 spiro atoms. The first kappa shape index (κ1) is 14.1. The largest absolute Gasteiger partial charge is 0.478 e. The molecule has 2 rings (SSSR count). The molecule has 0 atom stereocenters. The molecule has 1 aromatic carbocycles. The Hall–Kier alpha value is -2.34. The van der Waals surface area contributed by atoms with Gasteiger partial charge in [0, 0.05) is 12.2 Å². The highest BCUT2D eigenvalue weighted by Crippen LogP contribution is 2.13. The van der Waals surface area contributed by atoms with Crippen LogP contribution in [0.1, 0.15) is 21.5 Å². The van der Waals surface area contributed by atoms with Gasteiger partial charge in [-0.3, -0.25) is 0 Å². The lowest BCUT2D eigenvalue weighted by atomic mass is 10.2. The van der Waals surface area contributed by atoms with Crippen LogP contribution in [0.3, 0.4) is 0 Å². The number of nitrogens with one attached hydrogen (secondary N) is 2. The third kappa shape index (κ3) is 3.58. The van der Waals surface area contributed by atoms with Gasteiger partial charge >= 0.3 is 12.0 Å². The van der Waals surface area contributed by atoms with Gasteiger partial charge in [-0.25, -0.2) is 9.59 Å². The molecule has 1 heterocycles. The number of aromatic carboxylic acids is 1. The first-order chi connectivity index (χ1) is 9.56. The summed E-state index contributed by atoms with van der Waals surface area (Å²) in [5.41, 5.74) is 2.98. The SMILES string of the molecule is Cc1cscc1CNC(=O)Nc1ccc(C(=O)O)cc1. The lowest BCUT2D eigenvalue weighted by molar-refractivity contribution is 0.0697. The smallest absolute Gasteiger partial charge is 0.335 e. The third-order valence-electron chi connectivity index (χ3n) is 2.79. The van der Waals surface area contributed by atoms with E-state index < -0.39 is 5.97 Å². The normalized spacial score (nSPS) is 10.1. The Bertz CT molecular complexity index is 620. The van der Waals surface area contributed by atoms with Gasteiger partial charge in [0.1, 0.15) is 0 Å². The topological polar surface area (TPSA) is 78.4 Å². The number of aryl methyl sites for hydroxylation is 1. The van der Waals surface area contributed by atoms with E-state index >= 15 is 0 Å². The van der Waals surface area contributed by atoms with E-state index in [1.54, 1.807) is 23.5 Å². The number of benzene rings is 1. The second kappa shape index (κ2) is 6.21. The van der Waals surface area contributed by atoms with E-state index in [1.165, 1.54) is 12.1 Å². The fourth-order valence-corrected chi connectivity index (χ4v) is 2.47. The second-order valence-corrected chi connectivity index (χ2v) is 5.01. The summed E-state index contributed by atoms with van der Waals surface area (Å²) in [5, 5.41) is 18.2. The zero-order chi connectivity index (χ0) is 14.5. The number of amides is 2. The van der Waals surface area contributed by atoms with E-state index in [1.807, 2.05) is 17.7 Å². The van der Waals surface area contributed by atoms with Gasteiger partial charge in [0.2, 0.25) is 0 Å². The van der Waals surface area contributed by atoms with Gasteiger partial charge < -0.3 is 15.7 Å². The Balaban J connectivity index is 1.88. The summed E-state index contributed by atoms with van der Waals surface area (Å²) in [5.74, 6) is -0.992. The number of urea groups is 1. The predicted octanol–water partition coefficient (Wildman–Crippen LogP) is 3.08. The average molecular weight is 290 g/mol. The van der Waals surface area contributed by atoms with Crippen molar-refractivity contribution in [2.24, 2.45) is 0 Å². The molecule has 1 aromatic heterocycles. The van der Waals surface area contributed by atoms with Gasteiger partial charge in [0.15, 0.2) is 0 Å². The van der Waals surface area contributed by atoms with Gasteiger partial charge in [-0.15, -0.1) is 0 Å². The van der Waals surface area contributed by atoms with Gasteiger partial charge in [0.25, 0.3) is 0 Å². The molecule has 5 nitrogen and oxygen atoms in total. The molecule has 0 fully saturated rings. The minimum absolute atomic E-state index is 0.185. The minimum atomic E-state index is -0.992. The van der Waals surface area contributed by atoms with Crippen molar-refractivity contribution in [3.8, 4) is 0 Å². The number of rotatable bonds is 4. The monoisotopic (exact) mass is 290 g/mol. The van der Waals surface area contributed by atoms with Crippen molar-refractivity contribution in [3.05, 3.63) is 51.7 Å². The predicted molar refractivity (Wildman–Crippen MR) is 78.3 cm³/mol. The van der Waals surface area contributed by atoms with Crippen LogP contribution in [0.4, 0.5) is 10.5 Å². The Morgan fingerprint density at radius 3 is 2.45 bits per heavy atom. The molecule has 20 heavy (non-hydrogen) atoms. The molecule has 0 aliphatic heterocycles. The highest BCUT2D eigenvalue weighted by Gasteiger charge is 2.05. The summed E-state index contributed by atoms with van der Waals surface area (Å²) >= 11 is 1.60. The van der Waals surface area contributed by atoms with E-state index in [-0.39, 0.29) is 11.6 Å². The fourth-order valence-electron chi connectivity index (χ4n) is 1.61. The summed E-state index contributed by atoms with van der Waals surface area (Å²) in [6.45, 7) is 2.46. The van der Waals surface area contributed by atoms with Crippen LogP contribution in [-0.4, -0.2) is 17.1 Å². The molecule has 0 bridgehead atoms. The molecule has 6 heteroatoms. The summed E-state index contributed by atoms with van der Waals surface area (Å²) < 4.78 is 0. The van der Waals surface area contributed by atoms with E-state index in [0.29, 0.717) is 12.2 Å². The van der Waals surface area contributed by atoms with Crippen molar-refractivity contribution < 1.29 is 14.7 Å². The van der Waals surface area contributed by atoms with Gasteiger partial charge in [-0.2, -0.15) is 11.3 Å². The Kier molecular flexibility index (Phi) is 4.37. The van der Waals surface area contributed by atoms with Crippen molar-refractivity contribution in [1.29, 1.82) is 0 Å². The Morgan fingerprint density at radius 2 is 1.90 bits per heavy atom. The molecule has 0 radical (unpaired) electrons.